The summed E-state index contributed by atoms with van der Waals surface area (Å²) < 4.78 is 13.4. The molecule has 5 nitrogen and oxygen atoms in total. The van der Waals surface area contributed by atoms with Crippen LogP contribution in [0.2, 0.25) is 0 Å². The molecule has 1 saturated heterocycles. The van der Waals surface area contributed by atoms with Crippen LogP contribution in [0.25, 0.3) is 0 Å². The zero-order chi connectivity index (χ0) is 15.2. The van der Waals surface area contributed by atoms with Gasteiger partial charge in [0.25, 0.3) is 5.69 Å². The molecule has 0 spiro atoms. The molecule has 116 valence electrons. The van der Waals surface area contributed by atoms with Gasteiger partial charge in [-0.1, -0.05) is 12.8 Å². The van der Waals surface area contributed by atoms with Gasteiger partial charge in [-0.15, -0.1) is 0 Å². The first-order valence-corrected chi connectivity index (χ1v) is 7.49. The Morgan fingerprint density at radius 2 is 2.24 bits per heavy atom. The Kier molecular flexibility index (Phi) is 5.50. The zero-order valence-corrected chi connectivity index (χ0v) is 12.3. The molecule has 6 heteroatoms. The molecular weight excluding hydrogens is 273 g/mol. The van der Waals surface area contributed by atoms with Crippen molar-refractivity contribution < 1.29 is 9.31 Å². The molecule has 1 fully saturated rings. The largest absolute Gasteiger partial charge is 0.382 e. The van der Waals surface area contributed by atoms with Crippen LogP contribution in [0, 0.1) is 15.9 Å². The minimum atomic E-state index is -0.591. The fourth-order valence-corrected chi connectivity index (χ4v) is 2.84. The number of non-ortho nitro benzene ring substituents is 1. The van der Waals surface area contributed by atoms with Gasteiger partial charge in [0, 0.05) is 23.8 Å². The molecule has 1 aliphatic heterocycles. The molecule has 0 bridgehead atoms. The summed E-state index contributed by atoms with van der Waals surface area (Å²) in [6, 6.07) is 4.19. The van der Waals surface area contributed by atoms with Crippen molar-refractivity contribution in [2.24, 2.45) is 0 Å². The van der Waals surface area contributed by atoms with Crippen molar-refractivity contribution >= 4 is 11.4 Å². The maximum atomic E-state index is 13.4. The number of benzene rings is 1. The van der Waals surface area contributed by atoms with Crippen molar-refractivity contribution in [2.45, 2.75) is 51.1 Å². The molecular formula is C15H22FN3O2. The smallest absolute Gasteiger partial charge is 0.274 e. The van der Waals surface area contributed by atoms with Gasteiger partial charge in [-0.3, -0.25) is 10.1 Å². The lowest BCUT2D eigenvalue weighted by molar-refractivity contribution is -0.385. The highest BCUT2D eigenvalue weighted by atomic mass is 19.1. The molecule has 2 atom stereocenters. The predicted octanol–water partition coefficient (Wildman–Crippen LogP) is 3.46. The predicted molar refractivity (Wildman–Crippen MR) is 81.0 cm³/mol. The van der Waals surface area contributed by atoms with Crippen LogP contribution in [0.15, 0.2) is 18.2 Å². The molecule has 2 N–H and O–H groups in total. The standard InChI is InChI=1S/C15H22FN3O2/c1-11(7-13-5-3-2-4-6-17-13)18-14-8-12(16)9-15(10-14)19(20)21/h8-11,13,17-18H,2-7H2,1H3. The lowest BCUT2D eigenvalue weighted by Crippen LogP contribution is -2.33. The third-order valence-corrected chi connectivity index (χ3v) is 3.81. The van der Waals surface area contributed by atoms with E-state index in [1.807, 2.05) is 6.92 Å². The molecule has 0 saturated carbocycles. The molecule has 0 radical (unpaired) electrons. The SMILES string of the molecule is CC(CC1CCCCCN1)Nc1cc(F)cc([N+](=O)[O-])c1. The van der Waals surface area contributed by atoms with E-state index in [-0.39, 0.29) is 11.7 Å². The van der Waals surface area contributed by atoms with E-state index in [1.54, 1.807) is 0 Å². The van der Waals surface area contributed by atoms with Crippen molar-refractivity contribution in [1.29, 1.82) is 0 Å². The highest BCUT2D eigenvalue weighted by Gasteiger charge is 2.16. The number of rotatable bonds is 5. The van der Waals surface area contributed by atoms with Gasteiger partial charge in [0.1, 0.15) is 5.82 Å². The highest BCUT2D eigenvalue weighted by Crippen LogP contribution is 2.22. The summed E-state index contributed by atoms with van der Waals surface area (Å²) in [5.41, 5.74) is 0.236. The fraction of sp³-hybridized carbons (Fsp3) is 0.600. The van der Waals surface area contributed by atoms with Crippen molar-refractivity contribution in [3.63, 3.8) is 0 Å². The number of halogens is 1. The maximum absolute atomic E-state index is 13.4. The normalized spacial score (nSPS) is 20.6. The summed E-state index contributed by atoms with van der Waals surface area (Å²) in [5, 5.41) is 17.4. The zero-order valence-electron chi connectivity index (χ0n) is 12.3. The summed E-state index contributed by atoms with van der Waals surface area (Å²) in [7, 11) is 0. The van der Waals surface area contributed by atoms with E-state index in [0.29, 0.717) is 11.7 Å². The van der Waals surface area contributed by atoms with Crippen LogP contribution < -0.4 is 10.6 Å². The van der Waals surface area contributed by atoms with Gasteiger partial charge in [-0.2, -0.15) is 0 Å². The summed E-state index contributed by atoms with van der Waals surface area (Å²) >= 11 is 0. The number of hydrogen-bond donors (Lipinski definition) is 2. The van der Waals surface area contributed by atoms with E-state index in [4.69, 9.17) is 0 Å². The molecule has 0 aliphatic carbocycles. The van der Waals surface area contributed by atoms with Gasteiger partial charge in [-0.25, -0.2) is 4.39 Å². The van der Waals surface area contributed by atoms with Crippen molar-refractivity contribution in [2.75, 3.05) is 11.9 Å². The Bertz CT molecular complexity index is 488. The Balaban J connectivity index is 1.95. The number of nitro groups is 1. The molecule has 1 aliphatic rings. The van der Waals surface area contributed by atoms with E-state index < -0.39 is 10.7 Å². The lowest BCUT2D eigenvalue weighted by Gasteiger charge is -2.22. The van der Waals surface area contributed by atoms with Crippen LogP contribution in [-0.2, 0) is 0 Å². The molecule has 0 amide bonds. The topological polar surface area (TPSA) is 67.2 Å². The second kappa shape index (κ2) is 7.36. The van der Waals surface area contributed by atoms with Crippen LogP contribution in [0.1, 0.15) is 39.0 Å². The molecule has 2 unspecified atom stereocenters. The fourth-order valence-electron chi connectivity index (χ4n) is 2.84. The quantitative estimate of drug-likeness (QED) is 0.645. The summed E-state index contributed by atoms with van der Waals surface area (Å²) in [4.78, 5) is 10.2. The number of anilines is 1. The first-order valence-electron chi connectivity index (χ1n) is 7.49. The van der Waals surface area contributed by atoms with E-state index in [1.165, 1.54) is 31.4 Å². The third-order valence-electron chi connectivity index (χ3n) is 3.81. The second-order valence-electron chi connectivity index (χ2n) is 5.74. The Morgan fingerprint density at radius 3 is 3.00 bits per heavy atom. The maximum Gasteiger partial charge on any atom is 0.274 e. The Hall–Kier alpha value is -1.69. The molecule has 1 heterocycles. The van der Waals surface area contributed by atoms with Gasteiger partial charge in [0.15, 0.2) is 0 Å². The third kappa shape index (κ3) is 4.97. The molecule has 0 aromatic heterocycles. The lowest BCUT2D eigenvalue weighted by atomic mass is 10.0. The molecule has 2 rings (SSSR count). The van der Waals surface area contributed by atoms with Crippen molar-refractivity contribution in [3.8, 4) is 0 Å². The average molecular weight is 295 g/mol. The molecule has 1 aromatic carbocycles. The highest BCUT2D eigenvalue weighted by molar-refractivity contribution is 5.52. The number of nitrogens with one attached hydrogen (secondary N) is 2. The summed E-state index contributed by atoms with van der Waals surface area (Å²) in [6.07, 6.45) is 5.78. The van der Waals surface area contributed by atoms with Crippen LogP contribution in [0.4, 0.5) is 15.8 Å². The minimum Gasteiger partial charge on any atom is -0.382 e. The number of nitrogens with zero attached hydrogens (tertiary/aromatic N) is 1. The number of hydrogen-bond acceptors (Lipinski definition) is 4. The summed E-state index contributed by atoms with van der Waals surface area (Å²) in [6.45, 7) is 3.06. The first-order chi connectivity index (χ1) is 10.0. The van der Waals surface area contributed by atoms with Gasteiger partial charge >= 0.3 is 0 Å². The van der Waals surface area contributed by atoms with E-state index >= 15 is 0 Å². The average Bonchev–Trinajstić information content (AvgIpc) is 2.66. The van der Waals surface area contributed by atoms with Crippen LogP contribution >= 0.6 is 0 Å². The van der Waals surface area contributed by atoms with E-state index in [0.717, 1.165) is 25.5 Å². The molecule has 1 aromatic rings. The monoisotopic (exact) mass is 295 g/mol. The van der Waals surface area contributed by atoms with E-state index in [2.05, 4.69) is 10.6 Å². The van der Waals surface area contributed by atoms with Crippen molar-refractivity contribution in [1.82, 2.24) is 5.32 Å². The van der Waals surface area contributed by atoms with Crippen molar-refractivity contribution in [3.05, 3.63) is 34.1 Å². The van der Waals surface area contributed by atoms with Crippen LogP contribution in [0.3, 0.4) is 0 Å². The van der Waals surface area contributed by atoms with Crippen LogP contribution in [-0.4, -0.2) is 23.6 Å². The van der Waals surface area contributed by atoms with Gasteiger partial charge in [-0.05, 0) is 38.8 Å². The number of nitro benzene ring substituents is 1. The van der Waals surface area contributed by atoms with Gasteiger partial charge < -0.3 is 10.6 Å². The first kappa shape index (κ1) is 15.7. The minimum absolute atomic E-state index is 0.127. The Labute approximate surface area is 124 Å². The summed E-state index contributed by atoms with van der Waals surface area (Å²) in [5.74, 6) is -0.591. The van der Waals surface area contributed by atoms with Crippen LogP contribution in [0.5, 0.6) is 0 Å². The second-order valence-corrected chi connectivity index (χ2v) is 5.74. The Morgan fingerprint density at radius 1 is 1.43 bits per heavy atom. The van der Waals surface area contributed by atoms with Gasteiger partial charge in [0.05, 0.1) is 11.0 Å². The molecule has 21 heavy (non-hydrogen) atoms. The van der Waals surface area contributed by atoms with Gasteiger partial charge in [0.2, 0.25) is 0 Å². The van der Waals surface area contributed by atoms with E-state index in [9.17, 15) is 14.5 Å².